The molecule has 0 unspecified atom stereocenters. The van der Waals surface area contributed by atoms with Crippen LogP contribution >= 0.6 is 0 Å². The van der Waals surface area contributed by atoms with Crippen LogP contribution in [0.3, 0.4) is 0 Å². The summed E-state index contributed by atoms with van der Waals surface area (Å²) >= 11 is 0. The summed E-state index contributed by atoms with van der Waals surface area (Å²) < 4.78 is 69.5. The molecule has 0 fully saturated rings. The quantitative estimate of drug-likeness (QED) is 0.0698. The van der Waals surface area contributed by atoms with E-state index in [1.807, 2.05) is 0 Å². The van der Waals surface area contributed by atoms with E-state index in [0.717, 1.165) is 0 Å². The zero-order valence-corrected chi connectivity index (χ0v) is 26.2. The van der Waals surface area contributed by atoms with E-state index in [1.165, 1.54) is 6.92 Å². The van der Waals surface area contributed by atoms with Crippen molar-refractivity contribution in [1.82, 2.24) is 0 Å². The first kappa shape index (κ1) is 42.0. The maximum Gasteiger partial charge on any atom is 0.302 e. The normalized spacial score (nSPS) is 11.4. The van der Waals surface area contributed by atoms with Gasteiger partial charge in [-0.2, -0.15) is 0 Å². The minimum atomic E-state index is -0.312. The molecule has 43 heavy (non-hydrogen) atoms. The second-order valence-electron chi connectivity index (χ2n) is 8.48. The Labute approximate surface area is 257 Å². The second kappa shape index (κ2) is 39.0. The Morgan fingerprint density at radius 3 is 0.651 bits per heavy atom. The Morgan fingerprint density at radius 1 is 0.326 bits per heavy atom. The monoisotopic (exact) mass is 631 g/mol. The molecule has 0 aromatic heterocycles. The predicted octanol–water partition coefficient (Wildman–Crippen LogP) is -0.293. The van der Waals surface area contributed by atoms with Crippen LogP contribution in [0.4, 0.5) is 0 Å². The molecule has 15 nitrogen and oxygen atoms in total. The lowest BCUT2D eigenvalue weighted by Crippen LogP contribution is -2.16. The van der Waals surface area contributed by atoms with Gasteiger partial charge in [0, 0.05) is 13.5 Å². The number of hydrogen-bond donors (Lipinski definition) is 1. The van der Waals surface area contributed by atoms with E-state index in [9.17, 15) is 4.79 Å². The van der Waals surface area contributed by atoms with Crippen LogP contribution in [0.2, 0.25) is 0 Å². The molecule has 0 saturated carbocycles. The van der Waals surface area contributed by atoms with Gasteiger partial charge >= 0.3 is 5.97 Å². The fourth-order valence-corrected chi connectivity index (χ4v) is 2.85. The Hall–Kier alpha value is -1.05. The predicted molar refractivity (Wildman–Crippen MR) is 156 cm³/mol. The van der Waals surface area contributed by atoms with Crippen molar-refractivity contribution < 1.29 is 66.4 Å². The summed E-state index contributed by atoms with van der Waals surface area (Å²) in [6.07, 6.45) is 0. The number of esters is 1. The highest BCUT2D eigenvalue weighted by Crippen LogP contribution is 1.87. The van der Waals surface area contributed by atoms with E-state index < -0.39 is 0 Å². The molecule has 0 spiro atoms. The molecule has 15 heteroatoms. The Balaban J connectivity index is 3.03. The third kappa shape index (κ3) is 41.0. The van der Waals surface area contributed by atoms with Crippen LogP contribution in [0.15, 0.2) is 0 Å². The van der Waals surface area contributed by atoms with Crippen molar-refractivity contribution in [3.8, 4) is 0 Å². The molecule has 258 valence electrons. The minimum absolute atomic E-state index is 0.257. The molecular weight excluding hydrogens is 574 g/mol. The van der Waals surface area contributed by atoms with Crippen molar-refractivity contribution in [3.05, 3.63) is 0 Å². The number of nitrogens with two attached hydrogens (primary N) is 1. The van der Waals surface area contributed by atoms with Crippen LogP contribution in [0.5, 0.6) is 0 Å². The number of carbonyl (C=O) groups excluding carboxylic acids is 1. The number of ether oxygens (including phenoxy) is 13. The smallest absolute Gasteiger partial charge is 0.302 e. The molecule has 0 rings (SSSR count). The molecule has 0 aromatic rings. The van der Waals surface area contributed by atoms with Crippen LogP contribution in [0.25, 0.3) is 0 Å². The van der Waals surface area contributed by atoms with Crippen molar-refractivity contribution >= 4 is 5.97 Å². The van der Waals surface area contributed by atoms with Gasteiger partial charge in [-0.05, 0) is 0 Å². The summed E-state index contributed by atoms with van der Waals surface area (Å²) in [6, 6.07) is 0. The average Bonchev–Trinajstić information content (AvgIpc) is 3.00. The van der Waals surface area contributed by atoms with Gasteiger partial charge in [-0.15, -0.1) is 0 Å². The van der Waals surface area contributed by atoms with E-state index in [-0.39, 0.29) is 12.6 Å². The van der Waals surface area contributed by atoms with Crippen molar-refractivity contribution in [2.75, 3.05) is 172 Å². The average molecular weight is 632 g/mol. The van der Waals surface area contributed by atoms with Gasteiger partial charge in [-0.3, -0.25) is 4.79 Å². The molecule has 0 saturated heterocycles. The van der Waals surface area contributed by atoms with Crippen molar-refractivity contribution in [1.29, 1.82) is 0 Å². The second-order valence-corrected chi connectivity index (χ2v) is 8.48. The number of hydrogen-bond acceptors (Lipinski definition) is 15. The van der Waals surface area contributed by atoms with Gasteiger partial charge in [-0.25, -0.2) is 0 Å². The lowest BCUT2D eigenvalue weighted by atomic mass is 10.6. The highest BCUT2D eigenvalue weighted by Gasteiger charge is 1.97. The van der Waals surface area contributed by atoms with Crippen molar-refractivity contribution in [3.63, 3.8) is 0 Å². The van der Waals surface area contributed by atoms with Crippen molar-refractivity contribution in [2.24, 2.45) is 5.73 Å². The molecule has 0 aliphatic rings. The summed E-state index contributed by atoms with van der Waals surface area (Å²) in [6.45, 7) is 14.1. The van der Waals surface area contributed by atoms with Gasteiger partial charge in [0.15, 0.2) is 0 Å². The minimum Gasteiger partial charge on any atom is -0.463 e. The lowest BCUT2D eigenvalue weighted by molar-refractivity contribution is -0.142. The van der Waals surface area contributed by atoms with Crippen LogP contribution in [0.1, 0.15) is 6.92 Å². The molecule has 0 amide bonds. The SMILES string of the molecule is CC(=O)OCCOCCOCCOCCOCCOCCOCCOCCOCCOCCOCCOCCOCCN. The first-order chi connectivity index (χ1) is 21.3. The van der Waals surface area contributed by atoms with Crippen LogP contribution in [-0.2, 0) is 66.4 Å². The van der Waals surface area contributed by atoms with Gasteiger partial charge < -0.3 is 67.3 Å². The van der Waals surface area contributed by atoms with E-state index >= 15 is 0 Å². The van der Waals surface area contributed by atoms with Crippen LogP contribution < -0.4 is 5.73 Å². The maximum absolute atomic E-state index is 10.6. The molecule has 0 atom stereocenters. The fraction of sp³-hybridized carbons (Fsp3) is 0.964. The molecule has 2 N–H and O–H groups in total. The highest BCUT2D eigenvalue weighted by atomic mass is 16.6. The summed E-state index contributed by atoms with van der Waals surface area (Å²) in [7, 11) is 0. The lowest BCUT2D eigenvalue weighted by Gasteiger charge is -2.09. The van der Waals surface area contributed by atoms with Gasteiger partial charge in [0.05, 0.1) is 159 Å². The zero-order valence-electron chi connectivity index (χ0n) is 26.2. The number of rotatable bonds is 38. The fourth-order valence-electron chi connectivity index (χ4n) is 2.85. The van der Waals surface area contributed by atoms with Gasteiger partial charge in [0.1, 0.15) is 6.61 Å². The summed E-state index contributed by atoms with van der Waals surface area (Å²) in [4.78, 5) is 10.6. The third-order valence-corrected chi connectivity index (χ3v) is 4.89. The standard InChI is InChI=1S/C28H57NO14/c1-28(30)43-27-26-42-25-24-41-23-22-40-21-20-39-19-18-38-17-16-37-15-14-36-13-12-35-11-10-34-9-8-33-7-6-32-5-4-31-3-2-29/h2-27,29H2,1H3. The van der Waals surface area contributed by atoms with E-state index in [1.54, 1.807) is 0 Å². The van der Waals surface area contributed by atoms with Crippen molar-refractivity contribution in [2.45, 2.75) is 6.92 Å². The van der Waals surface area contributed by atoms with Crippen LogP contribution in [0, 0.1) is 0 Å². The molecule has 0 aliphatic carbocycles. The zero-order chi connectivity index (χ0) is 31.2. The van der Waals surface area contributed by atoms with E-state index in [2.05, 4.69) is 0 Å². The Bertz CT molecular complexity index is 536. The van der Waals surface area contributed by atoms with E-state index in [0.29, 0.717) is 165 Å². The molecule has 0 heterocycles. The number of carbonyl (C=O) groups is 1. The molecule has 0 radical (unpaired) electrons. The largest absolute Gasteiger partial charge is 0.463 e. The van der Waals surface area contributed by atoms with Crippen LogP contribution in [-0.4, -0.2) is 178 Å². The van der Waals surface area contributed by atoms with Gasteiger partial charge in [-0.1, -0.05) is 0 Å². The first-order valence-corrected chi connectivity index (χ1v) is 15.0. The summed E-state index contributed by atoms with van der Waals surface area (Å²) in [5.41, 5.74) is 5.32. The molecule has 0 aliphatic heterocycles. The topological polar surface area (TPSA) is 163 Å². The molecular formula is C28H57NO14. The molecule has 0 bridgehead atoms. The van der Waals surface area contributed by atoms with E-state index in [4.69, 9.17) is 67.3 Å². The summed E-state index contributed by atoms with van der Waals surface area (Å²) in [5.74, 6) is -0.312. The Kier molecular flexibility index (Phi) is 38.0. The van der Waals surface area contributed by atoms with Gasteiger partial charge in [0.25, 0.3) is 0 Å². The third-order valence-electron chi connectivity index (χ3n) is 4.89. The Morgan fingerprint density at radius 2 is 0.488 bits per heavy atom. The highest BCUT2D eigenvalue weighted by molar-refractivity contribution is 5.65. The molecule has 0 aromatic carbocycles. The van der Waals surface area contributed by atoms with Gasteiger partial charge in [0.2, 0.25) is 0 Å². The first-order valence-electron chi connectivity index (χ1n) is 15.0. The maximum atomic E-state index is 10.6. The summed E-state index contributed by atoms with van der Waals surface area (Å²) in [5, 5.41) is 0.